The summed E-state index contributed by atoms with van der Waals surface area (Å²) in [5.74, 6) is 0. The van der Waals surface area contributed by atoms with Gasteiger partial charge in [0.25, 0.3) is 0 Å². The molecule has 2 N–H and O–H groups in total. The normalized spacial score (nSPS) is 20.0. The van der Waals surface area contributed by atoms with E-state index in [2.05, 4.69) is 9.56 Å². The van der Waals surface area contributed by atoms with E-state index in [0.29, 0.717) is 0 Å². The van der Waals surface area contributed by atoms with Crippen LogP contribution in [-0.2, 0) is 14.1 Å². The lowest BCUT2D eigenvalue weighted by Gasteiger charge is -2.09. The Hall–Kier alpha value is 0.0700. The van der Waals surface area contributed by atoms with Crippen LogP contribution in [0.2, 0.25) is 0 Å². The van der Waals surface area contributed by atoms with Crippen LogP contribution in [0.5, 0.6) is 0 Å². The van der Waals surface area contributed by atoms with Crippen molar-refractivity contribution in [3.63, 3.8) is 0 Å². The van der Waals surface area contributed by atoms with Crippen LogP contribution < -0.4 is 0 Å². The second kappa shape index (κ2) is 4.05. The highest BCUT2D eigenvalue weighted by atomic mass is 31.2. The summed E-state index contributed by atoms with van der Waals surface area (Å²) in [5, 5.41) is 8.36. The second-order valence-electron chi connectivity index (χ2n) is 1.97. The molecule has 0 aliphatic rings. The van der Waals surface area contributed by atoms with Crippen molar-refractivity contribution in [3.05, 3.63) is 0 Å². The summed E-state index contributed by atoms with van der Waals surface area (Å²) in [4.78, 5) is 12.8. The Morgan fingerprint density at radius 2 is 2.20 bits per heavy atom. The summed E-state index contributed by atoms with van der Waals surface area (Å²) in [6.45, 7) is 2.26. The Bertz CT molecular complexity index is 130. The second-order valence-corrected chi connectivity index (χ2v) is 3.72. The molecule has 0 aromatic carbocycles. The lowest BCUT2D eigenvalue weighted by atomic mass is 10.5. The van der Waals surface area contributed by atoms with Gasteiger partial charge in [0.1, 0.15) is 6.10 Å². The molecule has 0 heterocycles. The predicted molar refractivity (Wildman–Crippen MR) is 34.5 cm³/mol. The number of rotatable bonds is 4. The maximum Gasteiger partial charge on any atom is 0.352 e. The van der Waals surface area contributed by atoms with E-state index in [1.807, 2.05) is 0 Å². The quantitative estimate of drug-likeness (QED) is 0.356. The first-order chi connectivity index (χ1) is 4.45. The Morgan fingerprint density at radius 3 is 2.50 bits per heavy atom. The molecule has 0 aromatic heterocycles. The molecular formula is C4H11O5P. The first-order valence-corrected chi connectivity index (χ1v) is 4.74. The van der Waals surface area contributed by atoms with Gasteiger partial charge in [-0.3, -0.25) is 4.57 Å². The van der Waals surface area contributed by atoms with Crippen molar-refractivity contribution in [2.45, 2.75) is 13.0 Å². The van der Waals surface area contributed by atoms with Gasteiger partial charge in [0, 0.05) is 6.66 Å². The largest absolute Gasteiger partial charge is 0.394 e. The fourth-order valence-corrected chi connectivity index (χ4v) is 0.490. The number of aliphatic hydroxyl groups is 1. The third-order valence-electron chi connectivity index (χ3n) is 0.603. The highest BCUT2D eigenvalue weighted by molar-refractivity contribution is 7.51. The van der Waals surface area contributed by atoms with Gasteiger partial charge in [0.2, 0.25) is 0 Å². The van der Waals surface area contributed by atoms with Crippen molar-refractivity contribution in [3.8, 4) is 0 Å². The van der Waals surface area contributed by atoms with Gasteiger partial charge in [-0.05, 0) is 6.92 Å². The highest BCUT2D eigenvalue weighted by Crippen LogP contribution is 2.36. The summed E-state index contributed by atoms with van der Waals surface area (Å²) in [5.41, 5.74) is 0. The zero-order valence-electron chi connectivity index (χ0n) is 5.85. The summed E-state index contributed by atoms with van der Waals surface area (Å²) < 4.78 is 14.4. The molecule has 10 heavy (non-hydrogen) atoms. The van der Waals surface area contributed by atoms with Crippen LogP contribution >= 0.6 is 7.60 Å². The molecule has 1 unspecified atom stereocenters. The van der Waals surface area contributed by atoms with Gasteiger partial charge in [-0.2, -0.15) is 0 Å². The average molecular weight is 170 g/mol. The zero-order valence-corrected chi connectivity index (χ0v) is 6.75. The maximum absolute atomic E-state index is 10.4. The summed E-state index contributed by atoms with van der Waals surface area (Å²) in [6, 6.07) is 0. The topological polar surface area (TPSA) is 76.0 Å². The molecule has 6 heteroatoms. The molecule has 0 rings (SSSR count). The third kappa shape index (κ3) is 6.19. The fourth-order valence-electron chi connectivity index (χ4n) is 0.184. The van der Waals surface area contributed by atoms with E-state index >= 15 is 0 Å². The number of aliphatic hydroxyl groups excluding tert-OH is 1. The van der Waals surface area contributed by atoms with Crippen molar-refractivity contribution < 1.29 is 24.1 Å². The Kier molecular flexibility index (Phi) is 4.08. The number of hydrogen-bond donors (Lipinski definition) is 2. The fraction of sp³-hybridized carbons (Fsp3) is 1.00. The molecule has 2 atom stereocenters. The lowest BCUT2D eigenvalue weighted by molar-refractivity contribution is -0.251. The van der Waals surface area contributed by atoms with Crippen LogP contribution in [0.1, 0.15) is 6.92 Å². The molecular weight excluding hydrogens is 159 g/mol. The lowest BCUT2D eigenvalue weighted by Crippen LogP contribution is -2.12. The van der Waals surface area contributed by atoms with Gasteiger partial charge in [-0.15, -0.1) is 4.67 Å². The Labute approximate surface area is 59.0 Å². The maximum atomic E-state index is 10.4. The van der Waals surface area contributed by atoms with Crippen LogP contribution in [0, 0.1) is 0 Å². The monoisotopic (exact) mass is 170 g/mol. The molecule has 0 saturated heterocycles. The Morgan fingerprint density at radius 1 is 1.70 bits per heavy atom. The first kappa shape index (κ1) is 10.1. The standard InChI is InChI=1S/C4H11O5P/c1-4(3-5)8-9-10(2,6)7/h4-5H,3H2,1-2H3,(H,6,7)/t4-/m0/s1. The van der Waals surface area contributed by atoms with Crippen LogP contribution in [0.3, 0.4) is 0 Å². The minimum Gasteiger partial charge on any atom is -0.394 e. The van der Waals surface area contributed by atoms with E-state index in [4.69, 9.17) is 10.00 Å². The van der Waals surface area contributed by atoms with Crippen LogP contribution in [-0.4, -0.2) is 29.4 Å². The number of hydrogen-bond acceptors (Lipinski definition) is 4. The van der Waals surface area contributed by atoms with Gasteiger partial charge >= 0.3 is 7.60 Å². The van der Waals surface area contributed by atoms with Crippen LogP contribution in [0.15, 0.2) is 0 Å². The third-order valence-corrected chi connectivity index (χ3v) is 0.965. The predicted octanol–water partition coefficient (Wildman–Crippen LogP) is 0.131. The smallest absolute Gasteiger partial charge is 0.352 e. The molecule has 0 bridgehead atoms. The van der Waals surface area contributed by atoms with Crippen molar-refractivity contribution in [1.29, 1.82) is 0 Å². The molecule has 5 nitrogen and oxygen atoms in total. The van der Waals surface area contributed by atoms with Crippen LogP contribution in [0.25, 0.3) is 0 Å². The molecule has 0 saturated carbocycles. The van der Waals surface area contributed by atoms with Gasteiger partial charge < -0.3 is 10.00 Å². The SMILES string of the molecule is C[C@@H](CO)OOP(C)(=O)O. The molecule has 0 aliphatic carbocycles. The van der Waals surface area contributed by atoms with Gasteiger partial charge in [0.15, 0.2) is 0 Å². The van der Waals surface area contributed by atoms with Gasteiger partial charge in [0.05, 0.1) is 6.61 Å². The minimum atomic E-state index is -3.57. The van der Waals surface area contributed by atoms with Gasteiger partial charge in [-0.25, -0.2) is 4.89 Å². The molecule has 62 valence electrons. The Balaban J connectivity index is 3.46. The average Bonchev–Trinajstić information content (AvgIpc) is 1.81. The molecule has 0 fully saturated rings. The summed E-state index contributed by atoms with van der Waals surface area (Å²) in [6.07, 6.45) is -0.583. The van der Waals surface area contributed by atoms with E-state index in [0.717, 1.165) is 6.66 Å². The molecule has 0 radical (unpaired) electrons. The van der Waals surface area contributed by atoms with Crippen molar-refractivity contribution in [1.82, 2.24) is 0 Å². The molecule has 0 aromatic rings. The summed E-state index contributed by atoms with van der Waals surface area (Å²) in [7, 11) is -3.57. The zero-order chi connectivity index (χ0) is 8.20. The molecule has 0 amide bonds. The van der Waals surface area contributed by atoms with Crippen molar-refractivity contribution in [2.75, 3.05) is 13.3 Å². The minimum absolute atomic E-state index is 0.250. The van der Waals surface area contributed by atoms with E-state index in [1.165, 1.54) is 6.92 Å². The highest BCUT2D eigenvalue weighted by Gasteiger charge is 2.13. The first-order valence-electron chi connectivity index (χ1n) is 2.72. The van der Waals surface area contributed by atoms with E-state index in [-0.39, 0.29) is 6.61 Å². The van der Waals surface area contributed by atoms with Crippen molar-refractivity contribution in [2.24, 2.45) is 0 Å². The van der Waals surface area contributed by atoms with Gasteiger partial charge in [-0.1, -0.05) is 0 Å². The van der Waals surface area contributed by atoms with E-state index in [1.54, 1.807) is 0 Å². The van der Waals surface area contributed by atoms with E-state index < -0.39 is 13.7 Å². The molecule has 0 aliphatic heterocycles. The van der Waals surface area contributed by atoms with E-state index in [9.17, 15) is 4.57 Å². The summed E-state index contributed by atoms with van der Waals surface area (Å²) >= 11 is 0. The van der Waals surface area contributed by atoms with Crippen LogP contribution in [0.4, 0.5) is 0 Å². The molecule has 0 spiro atoms. The van der Waals surface area contributed by atoms with Crippen molar-refractivity contribution >= 4 is 7.60 Å².